The van der Waals surface area contributed by atoms with Gasteiger partial charge in [0.1, 0.15) is 0 Å². The van der Waals surface area contributed by atoms with E-state index in [4.69, 9.17) is 0 Å². The maximum absolute atomic E-state index is 9.44. The quantitative estimate of drug-likeness (QED) is 0.775. The highest BCUT2D eigenvalue weighted by atomic mass is 16.3. The molecule has 0 radical (unpaired) electrons. The van der Waals surface area contributed by atoms with Gasteiger partial charge in [0.25, 0.3) is 0 Å². The highest BCUT2D eigenvalue weighted by molar-refractivity contribution is 5.45. The van der Waals surface area contributed by atoms with E-state index in [0.29, 0.717) is 6.54 Å². The van der Waals surface area contributed by atoms with Crippen molar-refractivity contribution in [2.75, 3.05) is 18.0 Å². The minimum atomic E-state index is -0.276. The minimum absolute atomic E-state index is 0.276. The van der Waals surface area contributed by atoms with Crippen LogP contribution in [0, 0.1) is 0 Å². The van der Waals surface area contributed by atoms with Crippen molar-refractivity contribution < 1.29 is 5.11 Å². The first-order chi connectivity index (χ1) is 7.24. The molecule has 1 N–H and O–H groups in total. The van der Waals surface area contributed by atoms with Crippen LogP contribution in [0.2, 0.25) is 0 Å². The number of aliphatic hydroxyl groups excluding tert-OH is 1. The van der Waals surface area contributed by atoms with E-state index in [1.165, 1.54) is 18.5 Å². The summed E-state index contributed by atoms with van der Waals surface area (Å²) < 4.78 is 0. The molecule has 0 aliphatic heterocycles. The van der Waals surface area contributed by atoms with Crippen molar-refractivity contribution in [3.63, 3.8) is 0 Å². The van der Waals surface area contributed by atoms with Crippen molar-refractivity contribution in [1.82, 2.24) is 0 Å². The summed E-state index contributed by atoms with van der Waals surface area (Å²) in [6, 6.07) is 10.3. The van der Waals surface area contributed by atoms with Crippen molar-refractivity contribution in [2.24, 2.45) is 0 Å². The number of anilines is 1. The molecular weight excluding hydrogens is 186 g/mol. The Morgan fingerprint density at radius 2 is 1.93 bits per heavy atom. The van der Waals surface area contributed by atoms with Crippen molar-refractivity contribution in [3.8, 4) is 0 Å². The van der Waals surface area contributed by atoms with E-state index < -0.39 is 0 Å². The lowest BCUT2D eigenvalue weighted by atomic mass is 10.2. The standard InChI is InChI=1S/C13H21NO/c1-3-4-10-14(11-12(2)15)13-8-6-5-7-9-13/h5-9,12,15H,3-4,10-11H2,1-2H3/t12-/m0/s1. The van der Waals surface area contributed by atoms with Gasteiger partial charge in [-0.2, -0.15) is 0 Å². The predicted molar refractivity (Wildman–Crippen MR) is 65.2 cm³/mol. The predicted octanol–water partition coefficient (Wildman–Crippen LogP) is 2.67. The molecule has 0 fully saturated rings. The second-order valence-corrected chi connectivity index (χ2v) is 3.98. The summed E-state index contributed by atoms with van der Waals surface area (Å²) in [6.45, 7) is 5.75. The molecule has 2 heteroatoms. The van der Waals surface area contributed by atoms with Crippen molar-refractivity contribution in [2.45, 2.75) is 32.8 Å². The summed E-state index contributed by atoms with van der Waals surface area (Å²) >= 11 is 0. The molecule has 0 saturated heterocycles. The zero-order chi connectivity index (χ0) is 11.1. The molecule has 0 heterocycles. The maximum atomic E-state index is 9.44. The Kier molecular flexibility index (Phi) is 5.19. The second-order valence-electron chi connectivity index (χ2n) is 3.98. The van der Waals surface area contributed by atoms with Gasteiger partial charge in [-0.05, 0) is 25.5 Å². The first-order valence-corrected chi connectivity index (χ1v) is 5.72. The number of para-hydroxylation sites is 1. The first-order valence-electron chi connectivity index (χ1n) is 5.72. The largest absolute Gasteiger partial charge is 0.392 e. The summed E-state index contributed by atoms with van der Waals surface area (Å²) in [5.41, 5.74) is 1.20. The highest BCUT2D eigenvalue weighted by Crippen LogP contribution is 2.14. The summed E-state index contributed by atoms with van der Waals surface area (Å²) in [6.07, 6.45) is 2.08. The fraction of sp³-hybridized carbons (Fsp3) is 0.538. The smallest absolute Gasteiger partial charge is 0.0687 e. The Labute approximate surface area is 92.5 Å². The monoisotopic (exact) mass is 207 g/mol. The average Bonchev–Trinajstić information content (AvgIpc) is 2.25. The molecular formula is C13H21NO. The maximum Gasteiger partial charge on any atom is 0.0687 e. The normalized spacial score (nSPS) is 12.5. The summed E-state index contributed by atoms with van der Waals surface area (Å²) in [5, 5.41) is 9.44. The number of rotatable bonds is 6. The van der Waals surface area contributed by atoms with E-state index in [1.807, 2.05) is 25.1 Å². The van der Waals surface area contributed by atoms with Gasteiger partial charge < -0.3 is 10.0 Å². The van der Waals surface area contributed by atoms with E-state index in [0.717, 1.165) is 6.54 Å². The third-order valence-electron chi connectivity index (χ3n) is 2.39. The molecule has 0 saturated carbocycles. The number of nitrogens with zero attached hydrogens (tertiary/aromatic N) is 1. The lowest BCUT2D eigenvalue weighted by Gasteiger charge is -2.26. The third-order valence-corrected chi connectivity index (χ3v) is 2.39. The molecule has 0 aliphatic rings. The first kappa shape index (κ1) is 12.1. The zero-order valence-electron chi connectivity index (χ0n) is 9.69. The molecule has 0 unspecified atom stereocenters. The van der Waals surface area contributed by atoms with Crippen LogP contribution in [0.15, 0.2) is 30.3 Å². The van der Waals surface area contributed by atoms with E-state index >= 15 is 0 Å². The van der Waals surface area contributed by atoms with E-state index in [1.54, 1.807) is 0 Å². The Balaban J connectivity index is 2.63. The van der Waals surface area contributed by atoms with Crippen LogP contribution in [-0.2, 0) is 0 Å². The van der Waals surface area contributed by atoms with Crippen LogP contribution in [0.1, 0.15) is 26.7 Å². The molecule has 2 nitrogen and oxygen atoms in total. The average molecular weight is 207 g/mol. The van der Waals surface area contributed by atoms with Crippen molar-refractivity contribution >= 4 is 5.69 Å². The van der Waals surface area contributed by atoms with Crippen LogP contribution in [0.25, 0.3) is 0 Å². The van der Waals surface area contributed by atoms with Crippen LogP contribution in [-0.4, -0.2) is 24.3 Å². The molecule has 0 aliphatic carbocycles. The van der Waals surface area contributed by atoms with E-state index in [2.05, 4.69) is 24.0 Å². The highest BCUT2D eigenvalue weighted by Gasteiger charge is 2.07. The summed E-state index contributed by atoms with van der Waals surface area (Å²) in [4.78, 5) is 2.24. The number of benzene rings is 1. The van der Waals surface area contributed by atoms with E-state index in [9.17, 15) is 5.11 Å². The molecule has 0 amide bonds. The Bertz CT molecular complexity index is 258. The fourth-order valence-electron chi connectivity index (χ4n) is 1.63. The summed E-state index contributed by atoms with van der Waals surface area (Å²) in [5.74, 6) is 0. The molecule has 1 aromatic rings. The minimum Gasteiger partial charge on any atom is -0.392 e. The van der Waals surface area contributed by atoms with Crippen LogP contribution in [0.5, 0.6) is 0 Å². The van der Waals surface area contributed by atoms with Crippen molar-refractivity contribution in [1.29, 1.82) is 0 Å². The number of unbranched alkanes of at least 4 members (excludes halogenated alkanes) is 1. The molecule has 0 aromatic heterocycles. The molecule has 1 atom stereocenters. The third kappa shape index (κ3) is 4.34. The number of hydrogen-bond acceptors (Lipinski definition) is 2. The van der Waals surface area contributed by atoms with Crippen LogP contribution < -0.4 is 4.90 Å². The topological polar surface area (TPSA) is 23.5 Å². The molecule has 0 spiro atoms. The molecule has 1 rings (SSSR count). The van der Waals surface area contributed by atoms with Gasteiger partial charge in [-0.1, -0.05) is 31.5 Å². The van der Waals surface area contributed by atoms with Gasteiger partial charge in [0.15, 0.2) is 0 Å². The van der Waals surface area contributed by atoms with Gasteiger partial charge in [0.05, 0.1) is 6.10 Å². The zero-order valence-corrected chi connectivity index (χ0v) is 9.69. The van der Waals surface area contributed by atoms with Gasteiger partial charge in [0, 0.05) is 18.8 Å². The molecule has 15 heavy (non-hydrogen) atoms. The number of hydrogen-bond donors (Lipinski definition) is 1. The van der Waals surface area contributed by atoms with Gasteiger partial charge in [-0.15, -0.1) is 0 Å². The molecule has 1 aromatic carbocycles. The lowest BCUT2D eigenvalue weighted by molar-refractivity contribution is 0.200. The van der Waals surface area contributed by atoms with Gasteiger partial charge in [0.2, 0.25) is 0 Å². The Hall–Kier alpha value is -1.02. The summed E-state index contributed by atoms with van der Waals surface area (Å²) in [7, 11) is 0. The van der Waals surface area contributed by atoms with Crippen LogP contribution >= 0.6 is 0 Å². The second kappa shape index (κ2) is 6.46. The number of aliphatic hydroxyl groups is 1. The fourth-order valence-corrected chi connectivity index (χ4v) is 1.63. The Morgan fingerprint density at radius 3 is 2.47 bits per heavy atom. The van der Waals surface area contributed by atoms with Crippen LogP contribution in [0.3, 0.4) is 0 Å². The van der Waals surface area contributed by atoms with Gasteiger partial charge in [-0.3, -0.25) is 0 Å². The molecule has 84 valence electrons. The van der Waals surface area contributed by atoms with Gasteiger partial charge >= 0.3 is 0 Å². The van der Waals surface area contributed by atoms with E-state index in [-0.39, 0.29) is 6.10 Å². The van der Waals surface area contributed by atoms with Crippen molar-refractivity contribution in [3.05, 3.63) is 30.3 Å². The Morgan fingerprint density at radius 1 is 1.27 bits per heavy atom. The lowest BCUT2D eigenvalue weighted by Crippen LogP contribution is -2.31. The SMILES string of the molecule is CCCCN(C[C@H](C)O)c1ccccc1. The van der Waals surface area contributed by atoms with Gasteiger partial charge in [-0.25, -0.2) is 0 Å². The van der Waals surface area contributed by atoms with Crippen LogP contribution in [0.4, 0.5) is 5.69 Å². The molecule has 0 bridgehead atoms.